The van der Waals surface area contributed by atoms with Crippen molar-refractivity contribution in [3.8, 4) is 0 Å². The number of hydrogen-bond acceptors (Lipinski definition) is 5. The van der Waals surface area contributed by atoms with E-state index in [0.717, 1.165) is 12.8 Å². The van der Waals surface area contributed by atoms with Crippen LogP contribution in [0.4, 0.5) is 11.5 Å². The highest BCUT2D eigenvalue weighted by atomic mass is 35.5. The minimum atomic E-state index is -0.0378. The first-order valence-corrected chi connectivity index (χ1v) is 6.16. The molecule has 0 saturated heterocycles. The lowest BCUT2D eigenvalue weighted by molar-refractivity contribution is 0.142. The van der Waals surface area contributed by atoms with Gasteiger partial charge >= 0.3 is 0 Å². The molecular formula is C11H17ClN4O. The molecule has 1 heterocycles. The van der Waals surface area contributed by atoms with E-state index in [2.05, 4.69) is 15.3 Å². The SMILES string of the molecule is Nc1cnc(Cl)nc1NCC1(CO)CCCC1. The molecule has 0 spiro atoms. The highest BCUT2D eigenvalue weighted by Crippen LogP contribution is 2.37. The third-order valence-electron chi connectivity index (χ3n) is 3.42. The van der Waals surface area contributed by atoms with Crippen molar-refractivity contribution in [2.75, 3.05) is 24.2 Å². The molecule has 0 bridgehead atoms. The second kappa shape index (κ2) is 5.06. The van der Waals surface area contributed by atoms with Crippen LogP contribution in [0.3, 0.4) is 0 Å². The number of nitrogens with one attached hydrogen (secondary N) is 1. The number of aromatic nitrogens is 2. The number of anilines is 2. The quantitative estimate of drug-likeness (QED) is 0.714. The Bertz CT molecular complexity index is 393. The number of aliphatic hydroxyl groups is 1. The fourth-order valence-electron chi connectivity index (χ4n) is 2.30. The van der Waals surface area contributed by atoms with Gasteiger partial charge in [-0.1, -0.05) is 12.8 Å². The van der Waals surface area contributed by atoms with E-state index in [-0.39, 0.29) is 17.3 Å². The summed E-state index contributed by atoms with van der Waals surface area (Å²) in [5.74, 6) is 0.546. The van der Waals surface area contributed by atoms with Gasteiger partial charge in [-0.05, 0) is 24.4 Å². The van der Waals surface area contributed by atoms with Gasteiger partial charge in [0.05, 0.1) is 18.5 Å². The Hall–Kier alpha value is -1.07. The Morgan fingerprint density at radius 2 is 2.18 bits per heavy atom. The van der Waals surface area contributed by atoms with Gasteiger partial charge in [-0.25, -0.2) is 4.98 Å². The molecule has 4 N–H and O–H groups in total. The summed E-state index contributed by atoms with van der Waals surface area (Å²) < 4.78 is 0. The summed E-state index contributed by atoms with van der Waals surface area (Å²) >= 11 is 5.71. The summed E-state index contributed by atoms with van der Waals surface area (Å²) in [6, 6.07) is 0. The van der Waals surface area contributed by atoms with Crippen LogP contribution >= 0.6 is 11.6 Å². The first-order chi connectivity index (χ1) is 8.15. The van der Waals surface area contributed by atoms with Crippen LogP contribution < -0.4 is 11.1 Å². The van der Waals surface area contributed by atoms with Gasteiger partial charge in [0.15, 0.2) is 5.82 Å². The van der Waals surface area contributed by atoms with E-state index in [9.17, 15) is 5.11 Å². The summed E-state index contributed by atoms with van der Waals surface area (Å²) in [6.45, 7) is 0.861. The standard InChI is InChI=1S/C11H17ClN4O/c12-10-14-5-8(13)9(16-10)15-6-11(7-17)3-1-2-4-11/h5,17H,1-4,6-7,13H2,(H,14,15,16). The lowest BCUT2D eigenvalue weighted by Crippen LogP contribution is -2.31. The zero-order chi connectivity index (χ0) is 12.3. The Labute approximate surface area is 105 Å². The van der Waals surface area contributed by atoms with Crippen molar-refractivity contribution in [2.24, 2.45) is 5.41 Å². The molecule has 0 amide bonds. The van der Waals surface area contributed by atoms with Crippen molar-refractivity contribution >= 4 is 23.1 Å². The van der Waals surface area contributed by atoms with Crippen LogP contribution in [0.2, 0.25) is 5.28 Å². The lowest BCUT2D eigenvalue weighted by Gasteiger charge is -2.27. The molecule has 0 radical (unpaired) electrons. The maximum Gasteiger partial charge on any atom is 0.224 e. The Balaban J connectivity index is 2.03. The number of nitrogen functional groups attached to an aromatic ring is 1. The molecule has 0 unspecified atom stereocenters. The van der Waals surface area contributed by atoms with Crippen LogP contribution in [0, 0.1) is 5.41 Å². The fraction of sp³-hybridized carbons (Fsp3) is 0.636. The zero-order valence-corrected chi connectivity index (χ0v) is 10.4. The first-order valence-electron chi connectivity index (χ1n) is 5.78. The van der Waals surface area contributed by atoms with Crippen molar-refractivity contribution in [3.63, 3.8) is 0 Å². The normalized spacial score (nSPS) is 18.2. The number of halogens is 1. The molecule has 1 fully saturated rings. The third-order valence-corrected chi connectivity index (χ3v) is 3.60. The van der Waals surface area contributed by atoms with E-state index >= 15 is 0 Å². The van der Waals surface area contributed by atoms with Crippen LogP contribution in [0.5, 0.6) is 0 Å². The first kappa shape index (κ1) is 12.4. The maximum absolute atomic E-state index is 9.49. The summed E-state index contributed by atoms with van der Waals surface area (Å²) in [5.41, 5.74) is 6.18. The lowest BCUT2D eigenvalue weighted by atomic mass is 9.87. The van der Waals surface area contributed by atoms with E-state index in [0.29, 0.717) is 18.1 Å². The molecule has 1 saturated carbocycles. The Kier molecular flexibility index (Phi) is 3.69. The average molecular weight is 257 g/mol. The van der Waals surface area contributed by atoms with Gasteiger partial charge < -0.3 is 16.2 Å². The fourth-order valence-corrected chi connectivity index (χ4v) is 2.43. The molecule has 0 atom stereocenters. The molecule has 1 aromatic heterocycles. The molecule has 2 rings (SSSR count). The van der Waals surface area contributed by atoms with Gasteiger partial charge in [0.1, 0.15) is 0 Å². The largest absolute Gasteiger partial charge is 0.396 e. The topological polar surface area (TPSA) is 84.1 Å². The minimum Gasteiger partial charge on any atom is -0.396 e. The van der Waals surface area contributed by atoms with Crippen LogP contribution in [-0.2, 0) is 0 Å². The molecule has 17 heavy (non-hydrogen) atoms. The van der Waals surface area contributed by atoms with E-state index in [1.54, 1.807) is 0 Å². The van der Waals surface area contributed by atoms with Crippen molar-refractivity contribution in [1.82, 2.24) is 9.97 Å². The van der Waals surface area contributed by atoms with Gasteiger partial charge in [-0.3, -0.25) is 0 Å². The minimum absolute atomic E-state index is 0.0378. The number of hydrogen-bond donors (Lipinski definition) is 3. The Morgan fingerprint density at radius 1 is 1.47 bits per heavy atom. The van der Waals surface area contributed by atoms with Crippen LogP contribution in [-0.4, -0.2) is 28.2 Å². The predicted molar refractivity (Wildman–Crippen MR) is 67.9 cm³/mol. The highest BCUT2D eigenvalue weighted by Gasteiger charge is 2.33. The van der Waals surface area contributed by atoms with E-state index in [4.69, 9.17) is 17.3 Å². The van der Waals surface area contributed by atoms with E-state index in [1.807, 2.05) is 0 Å². The molecular weight excluding hydrogens is 240 g/mol. The van der Waals surface area contributed by atoms with Gasteiger partial charge in [-0.15, -0.1) is 0 Å². The third kappa shape index (κ3) is 2.79. The van der Waals surface area contributed by atoms with Gasteiger partial charge in [-0.2, -0.15) is 4.98 Å². The molecule has 0 aliphatic heterocycles. The smallest absolute Gasteiger partial charge is 0.224 e. The summed E-state index contributed by atoms with van der Waals surface area (Å²) in [6.07, 6.45) is 5.90. The van der Waals surface area contributed by atoms with Gasteiger partial charge in [0, 0.05) is 12.0 Å². The second-order valence-electron chi connectivity index (χ2n) is 4.66. The zero-order valence-electron chi connectivity index (χ0n) is 9.62. The molecule has 94 valence electrons. The van der Waals surface area contributed by atoms with Crippen molar-refractivity contribution in [2.45, 2.75) is 25.7 Å². The predicted octanol–water partition coefficient (Wildman–Crippen LogP) is 1.68. The van der Waals surface area contributed by atoms with Crippen molar-refractivity contribution in [3.05, 3.63) is 11.5 Å². The van der Waals surface area contributed by atoms with Crippen LogP contribution in [0.1, 0.15) is 25.7 Å². The summed E-state index contributed by atoms with van der Waals surface area (Å²) in [7, 11) is 0. The average Bonchev–Trinajstić information content (AvgIpc) is 2.80. The van der Waals surface area contributed by atoms with Crippen molar-refractivity contribution in [1.29, 1.82) is 0 Å². The molecule has 6 heteroatoms. The second-order valence-corrected chi connectivity index (χ2v) is 5.00. The molecule has 0 aromatic carbocycles. The van der Waals surface area contributed by atoms with E-state index in [1.165, 1.54) is 19.0 Å². The Morgan fingerprint density at radius 3 is 2.82 bits per heavy atom. The van der Waals surface area contributed by atoms with Crippen LogP contribution in [0.25, 0.3) is 0 Å². The molecule has 1 aliphatic carbocycles. The highest BCUT2D eigenvalue weighted by molar-refractivity contribution is 6.28. The summed E-state index contributed by atoms with van der Waals surface area (Å²) in [4.78, 5) is 7.83. The summed E-state index contributed by atoms with van der Waals surface area (Å²) in [5, 5.41) is 12.8. The molecule has 5 nitrogen and oxygen atoms in total. The molecule has 1 aliphatic rings. The maximum atomic E-state index is 9.49. The van der Waals surface area contributed by atoms with Gasteiger partial charge in [0.2, 0.25) is 5.28 Å². The van der Waals surface area contributed by atoms with Crippen molar-refractivity contribution < 1.29 is 5.11 Å². The van der Waals surface area contributed by atoms with E-state index < -0.39 is 0 Å². The monoisotopic (exact) mass is 256 g/mol. The number of aliphatic hydroxyl groups excluding tert-OH is 1. The van der Waals surface area contributed by atoms with Gasteiger partial charge in [0.25, 0.3) is 0 Å². The number of rotatable bonds is 4. The number of nitrogens with zero attached hydrogens (tertiary/aromatic N) is 2. The molecule has 1 aromatic rings. The van der Waals surface area contributed by atoms with Crippen LogP contribution in [0.15, 0.2) is 6.20 Å². The number of nitrogens with two attached hydrogens (primary N) is 1.